The van der Waals surface area contributed by atoms with Crippen molar-refractivity contribution in [3.63, 3.8) is 0 Å². The zero-order chi connectivity index (χ0) is 20.8. The number of hydrogen-bond acceptors (Lipinski definition) is 2. The van der Waals surface area contributed by atoms with E-state index in [0.29, 0.717) is 5.56 Å². The molecule has 4 rings (SSSR count). The Morgan fingerprint density at radius 3 is 2.17 bits per heavy atom. The van der Waals surface area contributed by atoms with Crippen LogP contribution >= 0.6 is 0 Å². The van der Waals surface area contributed by atoms with Crippen LogP contribution in [-0.4, -0.2) is 19.1 Å². The van der Waals surface area contributed by atoms with Crippen molar-refractivity contribution in [2.45, 2.75) is 43.6 Å². The molecule has 2 N–H and O–H groups in total. The smallest absolute Gasteiger partial charge is 0.381 e. The first kappa shape index (κ1) is 20.1. The molecular weight excluding hydrogens is 394 g/mol. The third-order valence-corrected chi connectivity index (χ3v) is 5.70. The van der Waals surface area contributed by atoms with Gasteiger partial charge in [0.2, 0.25) is 0 Å². The molecule has 0 bridgehead atoms. The Bertz CT molecular complexity index is 871. The van der Waals surface area contributed by atoms with Crippen molar-refractivity contribution < 1.29 is 26.3 Å². The van der Waals surface area contributed by atoms with Gasteiger partial charge >= 0.3 is 12.4 Å². The average molecular weight is 414 g/mol. The van der Waals surface area contributed by atoms with Gasteiger partial charge in [0.05, 0.1) is 11.1 Å². The van der Waals surface area contributed by atoms with Gasteiger partial charge in [-0.05, 0) is 73.3 Å². The molecule has 0 amide bonds. The summed E-state index contributed by atoms with van der Waals surface area (Å²) in [4.78, 5) is 0. The molecule has 156 valence electrons. The zero-order valence-corrected chi connectivity index (χ0v) is 15.4. The molecule has 1 fully saturated rings. The lowest BCUT2D eigenvalue weighted by atomic mass is 9.83. The number of hydrogen-bond donors (Lipinski definition) is 2. The number of halogens is 6. The zero-order valence-electron chi connectivity index (χ0n) is 15.4. The Balaban J connectivity index is 1.86. The van der Waals surface area contributed by atoms with Gasteiger partial charge in [-0.25, -0.2) is 0 Å². The highest BCUT2D eigenvalue weighted by Crippen LogP contribution is 2.47. The second-order valence-corrected chi connectivity index (χ2v) is 7.60. The fraction of sp³-hybridized carbons (Fsp3) is 0.429. The summed E-state index contributed by atoms with van der Waals surface area (Å²) in [6, 6.07) is 7.08. The van der Waals surface area contributed by atoms with Crippen LogP contribution in [-0.2, 0) is 12.4 Å². The van der Waals surface area contributed by atoms with Crippen LogP contribution in [0.4, 0.5) is 32.0 Å². The van der Waals surface area contributed by atoms with Gasteiger partial charge < -0.3 is 10.6 Å². The third-order valence-electron chi connectivity index (χ3n) is 5.70. The molecule has 2 atom stereocenters. The van der Waals surface area contributed by atoms with Gasteiger partial charge in [-0.1, -0.05) is 12.1 Å². The molecule has 2 heterocycles. The van der Waals surface area contributed by atoms with Gasteiger partial charge in [0, 0.05) is 17.6 Å². The maximum atomic E-state index is 13.3. The lowest BCUT2D eigenvalue weighted by Crippen LogP contribution is -2.29. The highest BCUT2D eigenvalue weighted by Gasteiger charge is 2.38. The van der Waals surface area contributed by atoms with Crippen molar-refractivity contribution >= 4 is 5.69 Å². The molecular formula is C21H20F6N2. The Labute approximate surface area is 164 Å². The number of anilines is 1. The minimum absolute atomic E-state index is 0.0397. The molecule has 0 saturated carbocycles. The first-order valence-electron chi connectivity index (χ1n) is 9.54. The summed E-state index contributed by atoms with van der Waals surface area (Å²) in [5, 5.41) is 6.75. The summed E-state index contributed by atoms with van der Waals surface area (Å²) in [5.41, 5.74) is -0.594. The van der Waals surface area contributed by atoms with Crippen molar-refractivity contribution in [3.05, 3.63) is 53.1 Å². The average Bonchev–Trinajstić information content (AvgIpc) is 2.96. The minimum atomic E-state index is -4.86. The number of alkyl halides is 6. The van der Waals surface area contributed by atoms with Gasteiger partial charge in [0.15, 0.2) is 0 Å². The van der Waals surface area contributed by atoms with Crippen LogP contribution in [0.3, 0.4) is 0 Å². The Morgan fingerprint density at radius 2 is 1.52 bits per heavy atom. The van der Waals surface area contributed by atoms with Crippen LogP contribution in [0.25, 0.3) is 11.1 Å². The van der Waals surface area contributed by atoms with E-state index >= 15 is 0 Å². The van der Waals surface area contributed by atoms with E-state index in [1.54, 1.807) is 12.1 Å². The molecule has 29 heavy (non-hydrogen) atoms. The van der Waals surface area contributed by atoms with E-state index < -0.39 is 23.5 Å². The summed E-state index contributed by atoms with van der Waals surface area (Å²) in [6.07, 6.45) is -7.11. The fourth-order valence-corrected chi connectivity index (χ4v) is 4.40. The van der Waals surface area contributed by atoms with Crippen molar-refractivity contribution in [2.75, 3.05) is 18.4 Å². The molecule has 0 aromatic heterocycles. The van der Waals surface area contributed by atoms with Crippen LogP contribution < -0.4 is 10.6 Å². The summed E-state index contributed by atoms with van der Waals surface area (Å²) >= 11 is 0. The molecule has 0 aliphatic carbocycles. The maximum Gasteiger partial charge on any atom is 0.416 e. The van der Waals surface area contributed by atoms with E-state index in [0.717, 1.165) is 55.7 Å². The Kier molecular flexibility index (Phi) is 5.01. The molecule has 2 aromatic rings. The molecule has 2 unspecified atom stereocenters. The Morgan fingerprint density at radius 1 is 0.828 bits per heavy atom. The number of benzene rings is 2. The topological polar surface area (TPSA) is 24.1 Å². The van der Waals surface area contributed by atoms with E-state index in [4.69, 9.17) is 0 Å². The monoisotopic (exact) mass is 414 g/mol. The van der Waals surface area contributed by atoms with Crippen molar-refractivity contribution in [1.29, 1.82) is 0 Å². The second kappa shape index (κ2) is 7.23. The third kappa shape index (κ3) is 3.95. The second-order valence-electron chi connectivity index (χ2n) is 7.60. The SMILES string of the molecule is FC(F)(F)c1cc(-c2cccc3c2C2CCNCCCC2N3)cc(C(F)(F)F)c1. The van der Waals surface area contributed by atoms with E-state index in [2.05, 4.69) is 10.6 Å². The predicted octanol–water partition coefficient (Wildman–Crippen LogP) is 6.04. The molecule has 0 radical (unpaired) electrons. The number of rotatable bonds is 1. The number of nitrogens with one attached hydrogen (secondary N) is 2. The van der Waals surface area contributed by atoms with E-state index in [-0.39, 0.29) is 23.6 Å². The molecule has 2 aromatic carbocycles. The fourth-order valence-electron chi connectivity index (χ4n) is 4.40. The van der Waals surface area contributed by atoms with Crippen LogP contribution in [0.15, 0.2) is 36.4 Å². The van der Waals surface area contributed by atoms with Gasteiger partial charge in [0.25, 0.3) is 0 Å². The first-order valence-corrected chi connectivity index (χ1v) is 9.54. The summed E-state index contributed by atoms with van der Waals surface area (Å²) in [6.45, 7) is 1.66. The normalized spacial score (nSPS) is 22.3. The van der Waals surface area contributed by atoms with Crippen molar-refractivity contribution in [2.24, 2.45) is 0 Å². The van der Waals surface area contributed by atoms with E-state index in [1.165, 1.54) is 0 Å². The molecule has 2 aliphatic heterocycles. The molecule has 8 heteroatoms. The highest BCUT2D eigenvalue weighted by atomic mass is 19.4. The van der Waals surface area contributed by atoms with Crippen LogP contribution in [0.5, 0.6) is 0 Å². The molecule has 1 saturated heterocycles. The lowest BCUT2D eigenvalue weighted by Gasteiger charge is -2.25. The van der Waals surface area contributed by atoms with Gasteiger partial charge in [-0.15, -0.1) is 0 Å². The number of fused-ring (bicyclic) bond motifs is 3. The van der Waals surface area contributed by atoms with Crippen molar-refractivity contribution in [3.8, 4) is 11.1 Å². The molecule has 0 spiro atoms. The minimum Gasteiger partial charge on any atom is -0.381 e. The summed E-state index contributed by atoms with van der Waals surface area (Å²) < 4.78 is 79.8. The van der Waals surface area contributed by atoms with Crippen LogP contribution in [0.1, 0.15) is 41.9 Å². The van der Waals surface area contributed by atoms with Crippen molar-refractivity contribution in [1.82, 2.24) is 5.32 Å². The first-order chi connectivity index (χ1) is 13.6. The standard InChI is InChI=1S/C21H20F6N2/c22-20(23,24)13-9-12(10-14(11-13)21(25,26)27)15-3-1-4-18-19(15)16-6-8-28-7-2-5-17(16)29-18/h1,3-4,9-11,16-17,28-29H,2,5-8H2. The molecule has 2 nitrogen and oxygen atoms in total. The predicted molar refractivity (Wildman–Crippen MR) is 98.8 cm³/mol. The molecule has 2 aliphatic rings. The van der Waals surface area contributed by atoms with Gasteiger partial charge in [-0.2, -0.15) is 26.3 Å². The van der Waals surface area contributed by atoms with Gasteiger partial charge in [-0.3, -0.25) is 0 Å². The van der Waals surface area contributed by atoms with Gasteiger partial charge in [0.1, 0.15) is 0 Å². The Hall–Kier alpha value is -2.22. The highest BCUT2D eigenvalue weighted by molar-refractivity contribution is 5.78. The van der Waals surface area contributed by atoms with Crippen LogP contribution in [0, 0.1) is 0 Å². The summed E-state index contributed by atoms with van der Waals surface area (Å²) in [7, 11) is 0. The van der Waals surface area contributed by atoms with E-state index in [9.17, 15) is 26.3 Å². The largest absolute Gasteiger partial charge is 0.416 e. The quantitative estimate of drug-likeness (QED) is 0.556. The maximum absolute atomic E-state index is 13.3. The van der Waals surface area contributed by atoms with Crippen LogP contribution in [0.2, 0.25) is 0 Å². The van der Waals surface area contributed by atoms with E-state index in [1.807, 2.05) is 6.07 Å². The summed E-state index contributed by atoms with van der Waals surface area (Å²) in [5.74, 6) is 0.0397. The lowest BCUT2D eigenvalue weighted by molar-refractivity contribution is -0.143.